The lowest BCUT2D eigenvalue weighted by molar-refractivity contribution is -0.0738. The highest BCUT2D eigenvalue weighted by atomic mass is 16.6. The van der Waals surface area contributed by atoms with Gasteiger partial charge >= 0.3 is 6.09 Å². The lowest BCUT2D eigenvalue weighted by atomic mass is 9.60. The highest BCUT2D eigenvalue weighted by Gasteiger charge is 2.54. The standard InChI is InChI=1S/C27H31N5O3/c1-26(2,3)35-25(34)32-15-27(16-32)13-19(14-27)29-18-10-8-17(9-11-18)21-12-22(30-31-24(21)28)20-6-4-5-7-23(20)33/h4-12,19,29,33H,13-16H2,1-3H3,(H2,28,31). The molecule has 1 saturated heterocycles. The number of hydrogen-bond donors (Lipinski definition) is 3. The molecule has 182 valence electrons. The van der Waals surface area contributed by atoms with Gasteiger partial charge in [0.1, 0.15) is 11.4 Å². The smallest absolute Gasteiger partial charge is 0.410 e. The van der Waals surface area contributed by atoms with Crippen LogP contribution in [-0.2, 0) is 4.74 Å². The Morgan fingerprint density at radius 1 is 1.09 bits per heavy atom. The zero-order valence-electron chi connectivity index (χ0n) is 20.3. The van der Waals surface area contributed by atoms with Crippen molar-refractivity contribution in [1.29, 1.82) is 0 Å². The van der Waals surface area contributed by atoms with Gasteiger partial charge in [0.25, 0.3) is 0 Å². The molecule has 1 amide bonds. The monoisotopic (exact) mass is 473 g/mol. The van der Waals surface area contributed by atoms with Gasteiger partial charge in [-0.1, -0.05) is 24.3 Å². The molecule has 8 nitrogen and oxygen atoms in total. The molecule has 2 fully saturated rings. The number of aromatic hydroxyl groups is 1. The molecule has 0 atom stereocenters. The number of ether oxygens (including phenoxy) is 1. The minimum atomic E-state index is -0.461. The predicted molar refractivity (Wildman–Crippen MR) is 136 cm³/mol. The van der Waals surface area contributed by atoms with Crippen molar-refractivity contribution < 1.29 is 14.6 Å². The summed E-state index contributed by atoms with van der Waals surface area (Å²) in [7, 11) is 0. The average Bonchev–Trinajstić information content (AvgIpc) is 2.74. The number of carbonyl (C=O) groups is 1. The molecule has 0 unspecified atom stereocenters. The Balaban J connectivity index is 1.19. The number of nitrogens with two attached hydrogens (primary N) is 1. The molecule has 1 saturated carbocycles. The van der Waals surface area contributed by atoms with Crippen molar-refractivity contribution in [3.8, 4) is 28.1 Å². The summed E-state index contributed by atoms with van der Waals surface area (Å²) in [5.74, 6) is 0.487. The molecule has 5 rings (SSSR count). The Hall–Kier alpha value is -3.81. The SMILES string of the molecule is CC(C)(C)OC(=O)N1CC2(CC(Nc3ccc(-c4cc(-c5ccccc5O)nnc4N)cc3)C2)C1. The number of rotatable bonds is 4. The average molecular weight is 474 g/mol. The lowest BCUT2D eigenvalue weighted by Gasteiger charge is -2.58. The first kappa shape index (κ1) is 23.0. The van der Waals surface area contributed by atoms with Gasteiger partial charge in [-0.25, -0.2) is 4.79 Å². The molecular weight excluding hydrogens is 442 g/mol. The van der Waals surface area contributed by atoms with E-state index >= 15 is 0 Å². The van der Waals surface area contributed by atoms with E-state index in [1.54, 1.807) is 23.1 Å². The highest BCUT2D eigenvalue weighted by Crippen LogP contribution is 2.49. The Kier molecular flexibility index (Phi) is 5.54. The molecule has 0 bridgehead atoms. The number of para-hydroxylation sites is 1. The fraction of sp³-hybridized carbons (Fsp3) is 0.370. The molecule has 35 heavy (non-hydrogen) atoms. The predicted octanol–water partition coefficient (Wildman–Crippen LogP) is 4.91. The summed E-state index contributed by atoms with van der Waals surface area (Å²) in [4.78, 5) is 14.0. The van der Waals surface area contributed by atoms with Crippen LogP contribution in [0.15, 0.2) is 54.6 Å². The Morgan fingerprint density at radius 3 is 2.43 bits per heavy atom. The largest absolute Gasteiger partial charge is 0.507 e. The van der Waals surface area contributed by atoms with Gasteiger partial charge in [0, 0.05) is 41.4 Å². The van der Waals surface area contributed by atoms with E-state index < -0.39 is 5.60 Å². The number of nitrogen functional groups attached to an aromatic ring is 1. The zero-order chi connectivity index (χ0) is 24.8. The van der Waals surface area contributed by atoms with E-state index in [1.165, 1.54) is 0 Å². The van der Waals surface area contributed by atoms with Gasteiger partial charge in [0.15, 0.2) is 5.82 Å². The maximum absolute atomic E-state index is 12.2. The highest BCUT2D eigenvalue weighted by molar-refractivity contribution is 5.79. The maximum Gasteiger partial charge on any atom is 0.410 e. The van der Waals surface area contributed by atoms with Crippen molar-refractivity contribution in [3.05, 3.63) is 54.6 Å². The molecular formula is C27H31N5O3. The topological polar surface area (TPSA) is 114 Å². The first-order chi connectivity index (χ1) is 16.6. The van der Waals surface area contributed by atoms with Crippen molar-refractivity contribution in [2.75, 3.05) is 24.1 Å². The fourth-order valence-electron chi connectivity index (χ4n) is 5.00. The van der Waals surface area contributed by atoms with Crippen LogP contribution < -0.4 is 11.1 Å². The molecule has 1 aromatic heterocycles. The lowest BCUT2D eigenvalue weighted by Crippen LogP contribution is -2.66. The van der Waals surface area contributed by atoms with E-state index in [2.05, 4.69) is 15.5 Å². The fourth-order valence-corrected chi connectivity index (χ4v) is 5.00. The summed E-state index contributed by atoms with van der Waals surface area (Å²) < 4.78 is 5.46. The second-order valence-corrected chi connectivity index (χ2v) is 10.7. The third-order valence-corrected chi connectivity index (χ3v) is 6.63. The Morgan fingerprint density at radius 2 is 1.77 bits per heavy atom. The molecule has 1 aliphatic carbocycles. The number of likely N-dealkylation sites (tertiary alicyclic amines) is 1. The van der Waals surface area contributed by atoms with Crippen LogP contribution in [0.4, 0.5) is 16.3 Å². The van der Waals surface area contributed by atoms with E-state index in [9.17, 15) is 9.90 Å². The quantitative estimate of drug-likeness (QED) is 0.493. The first-order valence-electron chi connectivity index (χ1n) is 11.9. The van der Waals surface area contributed by atoms with Gasteiger partial charge in [0.05, 0.1) is 5.69 Å². The third kappa shape index (κ3) is 4.73. The van der Waals surface area contributed by atoms with Crippen LogP contribution >= 0.6 is 0 Å². The van der Waals surface area contributed by atoms with Crippen molar-refractivity contribution in [1.82, 2.24) is 15.1 Å². The Bertz CT molecular complexity index is 1240. The number of amides is 1. The van der Waals surface area contributed by atoms with Crippen molar-refractivity contribution in [2.45, 2.75) is 45.3 Å². The van der Waals surface area contributed by atoms with Gasteiger partial charge in [-0.3, -0.25) is 0 Å². The van der Waals surface area contributed by atoms with Crippen LogP contribution in [0.25, 0.3) is 22.4 Å². The first-order valence-corrected chi connectivity index (χ1v) is 11.9. The zero-order valence-corrected chi connectivity index (χ0v) is 20.3. The van der Waals surface area contributed by atoms with Gasteiger partial charge in [-0.2, -0.15) is 0 Å². The summed E-state index contributed by atoms with van der Waals surface area (Å²) >= 11 is 0. The van der Waals surface area contributed by atoms with Crippen LogP contribution in [0, 0.1) is 5.41 Å². The summed E-state index contributed by atoms with van der Waals surface area (Å²) in [5, 5.41) is 22.0. The van der Waals surface area contributed by atoms with Gasteiger partial charge in [-0.05, 0) is 69.5 Å². The number of anilines is 2. The second-order valence-electron chi connectivity index (χ2n) is 10.7. The van der Waals surface area contributed by atoms with Crippen molar-refractivity contribution in [3.63, 3.8) is 0 Å². The number of nitrogens with one attached hydrogen (secondary N) is 1. The van der Waals surface area contributed by atoms with Crippen LogP contribution in [0.5, 0.6) is 5.75 Å². The minimum absolute atomic E-state index is 0.149. The van der Waals surface area contributed by atoms with Crippen molar-refractivity contribution >= 4 is 17.6 Å². The number of aromatic nitrogens is 2. The summed E-state index contributed by atoms with van der Waals surface area (Å²) in [5.41, 5.74) is 9.79. The molecule has 1 spiro atoms. The number of phenols is 1. The molecule has 0 radical (unpaired) electrons. The second kappa shape index (κ2) is 8.45. The van der Waals surface area contributed by atoms with Gasteiger partial charge in [-0.15, -0.1) is 10.2 Å². The van der Waals surface area contributed by atoms with Crippen LogP contribution in [0.3, 0.4) is 0 Å². The molecule has 2 aromatic carbocycles. The van der Waals surface area contributed by atoms with Crippen LogP contribution in [-0.4, -0.2) is 51.0 Å². The van der Waals surface area contributed by atoms with Gasteiger partial charge in [0.2, 0.25) is 0 Å². The van der Waals surface area contributed by atoms with E-state index in [4.69, 9.17) is 10.5 Å². The third-order valence-electron chi connectivity index (χ3n) is 6.63. The number of carbonyl (C=O) groups excluding carboxylic acids is 1. The van der Waals surface area contributed by atoms with Crippen LogP contribution in [0.1, 0.15) is 33.6 Å². The van der Waals surface area contributed by atoms with E-state index in [1.807, 2.05) is 57.2 Å². The summed E-state index contributed by atoms with van der Waals surface area (Å²) in [6, 6.07) is 17.4. The number of benzene rings is 2. The minimum Gasteiger partial charge on any atom is -0.507 e. The van der Waals surface area contributed by atoms with E-state index in [0.29, 0.717) is 23.1 Å². The Labute approximate surface area is 205 Å². The van der Waals surface area contributed by atoms with Crippen molar-refractivity contribution in [2.24, 2.45) is 5.41 Å². The molecule has 2 heterocycles. The number of hydrogen-bond acceptors (Lipinski definition) is 7. The summed E-state index contributed by atoms with van der Waals surface area (Å²) in [6.45, 7) is 7.21. The maximum atomic E-state index is 12.2. The van der Waals surface area contributed by atoms with E-state index in [0.717, 1.165) is 42.7 Å². The molecule has 8 heteroatoms. The normalized spacial score (nSPS) is 16.9. The molecule has 1 aliphatic heterocycles. The number of nitrogens with zero attached hydrogens (tertiary/aromatic N) is 3. The van der Waals surface area contributed by atoms with Gasteiger partial charge < -0.3 is 25.8 Å². The molecule has 3 aromatic rings. The molecule has 4 N–H and O–H groups in total. The molecule has 2 aliphatic rings. The summed E-state index contributed by atoms with van der Waals surface area (Å²) in [6.07, 6.45) is 1.86. The van der Waals surface area contributed by atoms with Crippen LogP contribution in [0.2, 0.25) is 0 Å². The van der Waals surface area contributed by atoms with E-state index in [-0.39, 0.29) is 17.3 Å². The number of phenolic OH excluding ortho intramolecular Hbond substituents is 1.